The first-order valence-corrected chi connectivity index (χ1v) is 5.64. The van der Waals surface area contributed by atoms with Gasteiger partial charge in [-0.3, -0.25) is 10.2 Å². The number of hydrazine groups is 1. The highest BCUT2D eigenvalue weighted by molar-refractivity contribution is 5.84. The fourth-order valence-electron chi connectivity index (χ4n) is 0.980. The summed E-state index contributed by atoms with van der Waals surface area (Å²) in [5, 5.41) is 3.03. The number of unbranched alkanes of at least 4 members (excludes halogenated alkanes) is 1. The van der Waals surface area contributed by atoms with Gasteiger partial charge in [0.1, 0.15) is 6.54 Å². The lowest BCUT2D eigenvalue weighted by atomic mass is 10.3. The van der Waals surface area contributed by atoms with Gasteiger partial charge in [-0.2, -0.15) is 0 Å². The predicted octanol–water partition coefficient (Wildman–Crippen LogP) is -0.326. The Hall–Kier alpha value is -1.30. The summed E-state index contributed by atoms with van der Waals surface area (Å²) < 4.78 is 0. The minimum absolute atomic E-state index is 0.0208. The summed E-state index contributed by atoms with van der Waals surface area (Å²) in [5.41, 5.74) is 2.44. The number of rotatable bonds is 6. The lowest BCUT2D eigenvalue weighted by Gasteiger charge is -2.13. The molecule has 0 bridgehead atoms. The van der Waals surface area contributed by atoms with Crippen LogP contribution in [0.15, 0.2) is 4.99 Å². The van der Waals surface area contributed by atoms with Crippen LogP contribution in [0.5, 0.6) is 0 Å². The molecule has 0 aliphatic heterocycles. The Balaban J connectivity index is 4.00. The van der Waals surface area contributed by atoms with E-state index in [1.165, 1.54) is 0 Å². The van der Waals surface area contributed by atoms with E-state index in [1.807, 2.05) is 6.92 Å². The number of nitrogens with two attached hydrogens (primary N) is 1. The zero-order chi connectivity index (χ0) is 12.4. The van der Waals surface area contributed by atoms with Gasteiger partial charge < -0.3 is 10.2 Å². The molecule has 16 heavy (non-hydrogen) atoms. The fourth-order valence-corrected chi connectivity index (χ4v) is 0.980. The average molecular weight is 229 g/mol. The molecule has 0 aromatic rings. The standard InChI is InChI=1S/C10H23N5O/c1-4-6-7-12-10(14-11)13-8-9(16)15(3)5-2/h4-8,11H2,1-3H3,(H2,12,13,14). The monoisotopic (exact) mass is 229 g/mol. The molecule has 0 aromatic heterocycles. The van der Waals surface area contributed by atoms with Gasteiger partial charge in [-0.05, 0) is 13.3 Å². The van der Waals surface area contributed by atoms with Crippen LogP contribution in [0.4, 0.5) is 0 Å². The smallest absolute Gasteiger partial charge is 0.244 e. The molecule has 0 aromatic carbocycles. The number of nitrogens with zero attached hydrogens (tertiary/aromatic N) is 2. The van der Waals surface area contributed by atoms with Gasteiger partial charge in [0, 0.05) is 20.1 Å². The maximum atomic E-state index is 11.4. The molecule has 6 heteroatoms. The molecule has 0 heterocycles. The zero-order valence-corrected chi connectivity index (χ0v) is 10.4. The summed E-state index contributed by atoms with van der Waals surface area (Å²) in [7, 11) is 1.75. The van der Waals surface area contributed by atoms with Crippen LogP contribution >= 0.6 is 0 Å². The number of amides is 1. The third-order valence-corrected chi connectivity index (χ3v) is 2.23. The Morgan fingerprint density at radius 2 is 2.12 bits per heavy atom. The fraction of sp³-hybridized carbons (Fsp3) is 0.800. The number of carbonyl (C=O) groups excluding carboxylic acids is 1. The summed E-state index contributed by atoms with van der Waals surface area (Å²) >= 11 is 0. The van der Waals surface area contributed by atoms with Crippen LogP contribution < -0.4 is 16.6 Å². The summed E-state index contributed by atoms with van der Waals surface area (Å²) in [6, 6.07) is 0. The van der Waals surface area contributed by atoms with Crippen molar-refractivity contribution in [2.75, 3.05) is 26.7 Å². The van der Waals surface area contributed by atoms with Crippen LogP contribution in [-0.4, -0.2) is 43.4 Å². The number of guanidine groups is 1. The first-order valence-electron chi connectivity index (χ1n) is 5.64. The van der Waals surface area contributed by atoms with E-state index in [4.69, 9.17) is 5.84 Å². The van der Waals surface area contributed by atoms with Gasteiger partial charge in [-0.15, -0.1) is 0 Å². The quantitative estimate of drug-likeness (QED) is 0.191. The van der Waals surface area contributed by atoms with Crippen molar-refractivity contribution in [2.45, 2.75) is 26.7 Å². The van der Waals surface area contributed by atoms with Crippen molar-refractivity contribution < 1.29 is 4.79 Å². The Labute approximate surface area is 97.3 Å². The van der Waals surface area contributed by atoms with Crippen molar-refractivity contribution in [1.29, 1.82) is 0 Å². The van der Waals surface area contributed by atoms with Crippen molar-refractivity contribution in [1.82, 2.24) is 15.6 Å². The number of hydrogen-bond donors (Lipinski definition) is 3. The van der Waals surface area contributed by atoms with E-state index >= 15 is 0 Å². The summed E-state index contributed by atoms with van der Waals surface area (Å²) in [5.74, 6) is 5.73. The molecule has 0 saturated heterocycles. The van der Waals surface area contributed by atoms with E-state index < -0.39 is 0 Å². The molecule has 0 rings (SSSR count). The number of likely N-dealkylation sites (N-methyl/N-ethyl adjacent to an activating group) is 1. The van der Waals surface area contributed by atoms with Crippen LogP contribution in [0.1, 0.15) is 26.7 Å². The molecular formula is C10H23N5O. The third-order valence-electron chi connectivity index (χ3n) is 2.23. The number of carbonyl (C=O) groups is 1. The first-order chi connectivity index (χ1) is 7.65. The number of nitrogens with one attached hydrogen (secondary N) is 2. The molecule has 0 aliphatic carbocycles. The molecule has 0 radical (unpaired) electrons. The van der Waals surface area contributed by atoms with E-state index in [9.17, 15) is 4.79 Å². The molecule has 4 N–H and O–H groups in total. The molecule has 6 nitrogen and oxygen atoms in total. The van der Waals surface area contributed by atoms with Gasteiger partial charge in [0.25, 0.3) is 0 Å². The van der Waals surface area contributed by atoms with Crippen molar-refractivity contribution in [3.63, 3.8) is 0 Å². The largest absolute Gasteiger partial charge is 0.355 e. The Morgan fingerprint density at radius 3 is 2.62 bits per heavy atom. The van der Waals surface area contributed by atoms with E-state index in [0.29, 0.717) is 12.5 Å². The van der Waals surface area contributed by atoms with E-state index in [1.54, 1.807) is 11.9 Å². The number of hydrogen-bond acceptors (Lipinski definition) is 3. The van der Waals surface area contributed by atoms with Crippen LogP contribution in [0.25, 0.3) is 0 Å². The van der Waals surface area contributed by atoms with Crippen LogP contribution in [0.2, 0.25) is 0 Å². The molecule has 0 spiro atoms. The average Bonchev–Trinajstić information content (AvgIpc) is 2.32. The van der Waals surface area contributed by atoms with Gasteiger partial charge in [0.05, 0.1) is 0 Å². The highest BCUT2D eigenvalue weighted by Crippen LogP contribution is 1.86. The van der Waals surface area contributed by atoms with Gasteiger partial charge >= 0.3 is 0 Å². The SMILES string of the molecule is CCCCNC(=NCC(=O)N(C)CC)NN. The van der Waals surface area contributed by atoms with Gasteiger partial charge in [-0.25, -0.2) is 10.8 Å². The zero-order valence-electron chi connectivity index (χ0n) is 10.4. The Bertz CT molecular complexity index is 229. The molecule has 94 valence electrons. The second-order valence-corrected chi connectivity index (χ2v) is 3.50. The Morgan fingerprint density at radius 1 is 1.44 bits per heavy atom. The maximum absolute atomic E-state index is 11.4. The normalized spacial score (nSPS) is 11.1. The molecule has 0 aliphatic rings. The second kappa shape index (κ2) is 8.96. The van der Waals surface area contributed by atoms with Crippen molar-refractivity contribution in [2.24, 2.45) is 10.8 Å². The van der Waals surface area contributed by atoms with E-state index in [0.717, 1.165) is 19.4 Å². The van der Waals surface area contributed by atoms with E-state index in [2.05, 4.69) is 22.7 Å². The number of aliphatic imine (C=N–C) groups is 1. The molecule has 1 amide bonds. The highest BCUT2D eigenvalue weighted by atomic mass is 16.2. The molecule has 0 atom stereocenters. The van der Waals surface area contributed by atoms with Gasteiger partial charge in [0.2, 0.25) is 11.9 Å². The summed E-state index contributed by atoms with van der Waals surface area (Å²) in [6.07, 6.45) is 2.14. The third kappa shape index (κ3) is 6.23. The van der Waals surface area contributed by atoms with E-state index in [-0.39, 0.29) is 12.5 Å². The van der Waals surface area contributed by atoms with Gasteiger partial charge in [-0.1, -0.05) is 13.3 Å². The van der Waals surface area contributed by atoms with Crippen LogP contribution in [0.3, 0.4) is 0 Å². The van der Waals surface area contributed by atoms with Crippen LogP contribution in [-0.2, 0) is 4.79 Å². The first kappa shape index (κ1) is 14.7. The summed E-state index contributed by atoms with van der Waals surface area (Å²) in [6.45, 7) is 5.63. The van der Waals surface area contributed by atoms with Crippen LogP contribution in [0, 0.1) is 0 Å². The summed E-state index contributed by atoms with van der Waals surface area (Å²) in [4.78, 5) is 17.1. The highest BCUT2D eigenvalue weighted by Gasteiger charge is 2.05. The molecular weight excluding hydrogens is 206 g/mol. The van der Waals surface area contributed by atoms with Crippen molar-refractivity contribution in [3.05, 3.63) is 0 Å². The predicted molar refractivity (Wildman–Crippen MR) is 65.8 cm³/mol. The Kier molecular flexibility index (Phi) is 8.24. The van der Waals surface area contributed by atoms with Crippen molar-refractivity contribution >= 4 is 11.9 Å². The second-order valence-electron chi connectivity index (χ2n) is 3.50. The molecule has 0 fully saturated rings. The minimum atomic E-state index is -0.0208. The van der Waals surface area contributed by atoms with Crippen molar-refractivity contribution in [3.8, 4) is 0 Å². The molecule has 0 unspecified atom stereocenters. The minimum Gasteiger partial charge on any atom is -0.355 e. The lowest BCUT2D eigenvalue weighted by molar-refractivity contribution is -0.128. The lowest BCUT2D eigenvalue weighted by Crippen LogP contribution is -2.42. The van der Waals surface area contributed by atoms with Gasteiger partial charge in [0.15, 0.2) is 0 Å². The molecule has 0 saturated carbocycles. The topological polar surface area (TPSA) is 82.8 Å². The maximum Gasteiger partial charge on any atom is 0.244 e.